The van der Waals surface area contributed by atoms with Crippen LogP contribution in [0.1, 0.15) is 39.0 Å². The summed E-state index contributed by atoms with van der Waals surface area (Å²) in [5.74, 6) is 0. The molecule has 2 unspecified atom stereocenters. The van der Waals surface area contributed by atoms with Gasteiger partial charge in [-0.2, -0.15) is 0 Å². The summed E-state index contributed by atoms with van der Waals surface area (Å²) in [6, 6.07) is 1.37. The van der Waals surface area contributed by atoms with Crippen molar-refractivity contribution in [3.63, 3.8) is 0 Å². The van der Waals surface area contributed by atoms with Gasteiger partial charge in [0, 0.05) is 37.3 Å². The van der Waals surface area contributed by atoms with Crippen molar-refractivity contribution in [1.29, 1.82) is 0 Å². The van der Waals surface area contributed by atoms with Crippen LogP contribution in [-0.4, -0.2) is 48.8 Å². The van der Waals surface area contributed by atoms with Crippen LogP contribution in [0.5, 0.6) is 0 Å². The number of hydrogen-bond donors (Lipinski definition) is 1. The van der Waals surface area contributed by atoms with Gasteiger partial charge in [0.25, 0.3) is 0 Å². The second-order valence-corrected chi connectivity index (χ2v) is 5.91. The molecule has 3 rings (SSSR count). The van der Waals surface area contributed by atoms with Gasteiger partial charge in [-0.05, 0) is 26.2 Å². The van der Waals surface area contributed by atoms with Gasteiger partial charge < -0.3 is 10.1 Å². The average Bonchev–Trinajstić information content (AvgIpc) is 2.94. The van der Waals surface area contributed by atoms with Crippen molar-refractivity contribution in [2.24, 2.45) is 0 Å². The van der Waals surface area contributed by atoms with E-state index in [0.29, 0.717) is 17.6 Å². The average molecular weight is 224 g/mol. The summed E-state index contributed by atoms with van der Waals surface area (Å²) in [5.41, 5.74) is 0.453. The Bertz CT molecular complexity index is 244. The summed E-state index contributed by atoms with van der Waals surface area (Å²) < 4.78 is 5.55. The SMILES string of the molecule is CC1CNC2(CCCC2)CN1C1CCOC1. The minimum atomic E-state index is 0.453. The Morgan fingerprint density at radius 1 is 1.31 bits per heavy atom. The molecule has 0 aromatic rings. The van der Waals surface area contributed by atoms with Crippen LogP contribution in [0.15, 0.2) is 0 Å². The minimum Gasteiger partial charge on any atom is -0.380 e. The molecule has 0 radical (unpaired) electrons. The molecule has 2 atom stereocenters. The Balaban J connectivity index is 1.70. The van der Waals surface area contributed by atoms with Crippen LogP contribution < -0.4 is 5.32 Å². The third-order valence-corrected chi connectivity index (χ3v) is 4.76. The third-order valence-electron chi connectivity index (χ3n) is 4.76. The van der Waals surface area contributed by atoms with Crippen LogP contribution in [0.25, 0.3) is 0 Å². The first-order valence-corrected chi connectivity index (χ1v) is 6.88. The van der Waals surface area contributed by atoms with Crippen molar-refractivity contribution in [2.75, 3.05) is 26.3 Å². The minimum absolute atomic E-state index is 0.453. The van der Waals surface area contributed by atoms with Crippen molar-refractivity contribution >= 4 is 0 Å². The number of nitrogens with zero attached hydrogens (tertiary/aromatic N) is 1. The van der Waals surface area contributed by atoms with Crippen molar-refractivity contribution in [1.82, 2.24) is 10.2 Å². The van der Waals surface area contributed by atoms with E-state index in [1.54, 1.807) is 0 Å². The predicted molar refractivity (Wildman–Crippen MR) is 64.6 cm³/mol. The maximum Gasteiger partial charge on any atom is 0.0622 e. The molecule has 1 aliphatic carbocycles. The van der Waals surface area contributed by atoms with Gasteiger partial charge in [-0.25, -0.2) is 0 Å². The fraction of sp³-hybridized carbons (Fsp3) is 1.00. The highest BCUT2D eigenvalue weighted by Crippen LogP contribution is 2.34. The summed E-state index contributed by atoms with van der Waals surface area (Å²) in [6.45, 7) is 6.70. The molecule has 2 saturated heterocycles. The van der Waals surface area contributed by atoms with Crippen LogP contribution in [0, 0.1) is 0 Å². The molecule has 0 aromatic carbocycles. The van der Waals surface area contributed by atoms with Crippen molar-refractivity contribution in [3.8, 4) is 0 Å². The predicted octanol–water partition coefficient (Wildman–Crippen LogP) is 1.38. The zero-order valence-electron chi connectivity index (χ0n) is 10.4. The second kappa shape index (κ2) is 4.28. The first kappa shape index (κ1) is 11.0. The van der Waals surface area contributed by atoms with Gasteiger partial charge in [-0.1, -0.05) is 12.8 Å². The molecule has 3 nitrogen and oxygen atoms in total. The molecule has 92 valence electrons. The van der Waals surface area contributed by atoms with E-state index in [0.717, 1.165) is 19.8 Å². The van der Waals surface area contributed by atoms with Gasteiger partial charge in [0.2, 0.25) is 0 Å². The fourth-order valence-electron chi connectivity index (χ4n) is 3.70. The van der Waals surface area contributed by atoms with Gasteiger partial charge in [0.05, 0.1) is 6.61 Å². The van der Waals surface area contributed by atoms with Gasteiger partial charge >= 0.3 is 0 Å². The van der Waals surface area contributed by atoms with E-state index in [2.05, 4.69) is 17.1 Å². The molecule has 3 aliphatic rings. The van der Waals surface area contributed by atoms with Gasteiger partial charge in [0.15, 0.2) is 0 Å². The molecule has 1 saturated carbocycles. The van der Waals surface area contributed by atoms with E-state index in [1.165, 1.54) is 38.6 Å². The second-order valence-electron chi connectivity index (χ2n) is 5.91. The lowest BCUT2D eigenvalue weighted by Crippen LogP contribution is -2.64. The Hall–Kier alpha value is -0.120. The molecule has 1 spiro atoms. The lowest BCUT2D eigenvalue weighted by atomic mass is 9.91. The Kier molecular flexibility index (Phi) is 2.94. The number of nitrogens with one attached hydrogen (secondary N) is 1. The first-order valence-electron chi connectivity index (χ1n) is 6.88. The highest BCUT2D eigenvalue weighted by molar-refractivity contribution is 5.01. The molecule has 0 bridgehead atoms. The van der Waals surface area contributed by atoms with E-state index in [-0.39, 0.29) is 0 Å². The normalized spacial score (nSPS) is 39.6. The molecular formula is C13H24N2O. The lowest BCUT2D eigenvalue weighted by molar-refractivity contribution is 0.0440. The molecule has 2 heterocycles. The largest absolute Gasteiger partial charge is 0.380 e. The van der Waals surface area contributed by atoms with Gasteiger partial charge in [-0.15, -0.1) is 0 Å². The maximum absolute atomic E-state index is 5.55. The van der Waals surface area contributed by atoms with Crippen LogP contribution in [0.4, 0.5) is 0 Å². The summed E-state index contributed by atoms with van der Waals surface area (Å²) in [5, 5.41) is 3.82. The summed E-state index contributed by atoms with van der Waals surface area (Å²) >= 11 is 0. The van der Waals surface area contributed by atoms with Crippen molar-refractivity contribution in [3.05, 3.63) is 0 Å². The first-order chi connectivity index (χ1) is 7.79. The smallest absolute Gasteiger partial charge is 0.0622 e. The van der Waals surface area contributed by atoms with E-state index >= 15 is 0 Å². The molecule has 1 N–H and O–H groups in total. The van der Waals surface area contributed by atoms with Gasteiger partial charge in [-0.3, -0.25) is 4.90 Å². The van der Waals surface area contributed by atoms with E-state index in [9.17, 15) is 0 Å². The number of piperazine rings is 1. The highest BCUT2D eigenvalue weighted by Gasteiger charge is 2.42. The zero-order chi connectivity index (χ0) is 11.0. The molecular weight excluding hydrogens is 200 g/mol. The topological polar surface area (TPSA) is 24.5 Å². The number of hydrogen-bond acceptors (Lipinski definition) is 3. The summed E-state index contributed by atoms with van der Waals surface area (Å²) in [7, 11) is 0. The summed E-state index contributed by atoms with van der Waals surface area (Å²) in [6.07, 6.45) is 6.82. The van der Waals surface area contributed by atoms with E-state index in [4.69, 9.17) is 4.74 Å². The van der Waals surface area contributed by atoms with Crippen LogP contribution in [-0.2, 0) is 4.74 Å². The Labute approximate surface area is 98.5 Å². The molecule has 16 heavy (non-hydrogen) atoms. The van der Waals surface area contributed by atoms with Crippen LogP contribution in [0.3, 0.4) is 0 Å². The fourth-order valence-corrected chi connectivity index (χ4v) is 3.70. The summed E-state index contributed by atoms with van der Waals surface area (Å²) in [4.78, 5) is 2.72. The molecule has 0 amide bonds. The standard InChI is InChI=1S/C13H24N2O/c1-11-8-14-13(5-2-3-6-13)10-15(11)12-4-7-16-9-12/h11-12,14H,2-10H2,1H3. The van der Waals surface area contributed by atoms with Gasteiger partial charge in [0.1, 0.15) is 0 Å². The zero-order valence-corrected chi connectivity index (χ0v) is 10.4. The quantitative estimate of drug-likeness (QED) is 0.728. The van der Waals surface area contributed by atoms with Crippen LogP contribution in [0.2, 0.25) is 0 Å². The molecule has 3 fully saturated rings. The van der Waals surface area contributed by atoms with E-state index in [1.807, 2.05) is 0 Å². The lowest BCUT2D eigenvalue weighted by Gasteiger charge is -2.47. The molecule has 0 aromatic heterocycles. The molecule has 2 aliphatic heterocycles. The van der Waals surface area contributed by atoms with Crippen molar-refractivity contribution in [2.45, 2.75) is 56.7 Å². The van der Waals surface area contributed by atoms with E-state index < -0.39 is 0 Å². The number of ether oxygens (including phenoxy) is 1. The third kappa shape index (κ3) is 1.89. The molecule has 3 heteroatoms. The number of rotatable bonds is 1. The van der Waals surface area contributed by atoms with Crippen molar-refractivity contribution < 1.29 is 4.74 Å². The Morgan fingerprint density at radius 2 is 2.12 bits per heavy atom. The Morgan fingerprint density at radius 3 is 2.81 bits per heavy atom. The van der Waals surface area contributed by atoms with Crippen LogP contribution >= 0.6 is 0 Å². The monoisotopic (exact) mass is 224 g/mol. The maximum atomic E-state index is 5.55. The highest BCUT2D eigenvalue weighted by atomic mass is 16.5.